The Bertz CT molecular complexity index is 688. The minimum atomic E-state index is -0.255. The lowest BCUT2D eigenvalue weighted by atomic mass is 10.2. The van der Waals surface area contributed by atoms with Crippen LogP contribution in [-0.4, -0.2) is 24.5 Å². The Morgan fingerprint density at radius 1 is 1.30 bits per heavy atom. The zero-order valence-corrected chi connectivity index (χ0v) is 13.9. The molecule has 0 spiro atoms. The van der Waals surface area contributed by atoms with E-state index in [9.17, 15) is 9.59 Å². The van der Waals surface area contributed by atoms with E-state index in [-0.39, 0.29) is 18.0 Å². The van der Waals surface area contributed by atoms with E-state index in [0.717, 1.165) is 10.6 Å². The van der Waals surface area contributed by atoms with Crippen molar-refractivity contribution < 1.29 is 9.59 Å². The first-order valence-corrected chi connectivity index (χ1v) is 8.50. The standard InChI is InChI=1S/C16H16ClN3O2S/c17-11-3-5-13(6-4-11)20-10-12(8-15(20)21)19-16(22)18-9-14-2-1-7-23-14/h1-7,12H,8-10H2,(H2,18,19,22)/t12-/m0/s1. The molecule has 3 amide bonds. The van der Waals surface area contributed by atoms with Gasteiger partial charge < -0.3 is 15.5 Å². The summed E-state index contributed by atoms with van der Waals surface area (Å²) in [5.41, 5.74) is 0.794. The van der Waals surface area contributed by atoms with Crippen LogP contribution in [0, 0.1) is 0 Å². The van der Waals surface area contributed by atoms with E-state index in [0.29, 0.717) is 24.5 Å². The lowest BCUT2D eigenvalue weighted by Crippen LogP contribution is -2.43. The molecule has 2 aromatic rings. The maximum absolute atomic E-state index is 12.1. The second-order valence-corrected chi connectivity index (χ2v) is 6.76. The Morgan fingerprint density at radius 3 is 2.78 bits per heavy atom. The maximum Gasteiger partial charge on any atom is 0.315 e. The number of halogens is 1. The number of nitrogens with zero attached hydrogens (tertiary/aromatic N) is 1. The number of hydrogen-bond acceptors (Lipinski definition) is 3. The van der Waals surface area contributed by atoms with Crippen LogP contribution in [0.15, 0.2) is 41.8 Å². The van der Waals surface area contributed by atoms with Crippen LogP contribution in [0.3, 0.4) is 0 Å². The van der Waals surface area contributed by atoms with Gasteiger partial charge in [0.05, 0.1) is 12.6 Å². The molecule has 1 aromatic carbocycles. The van der Waals surface area contributed by atoms with Gasteiger partial charge in [0.1, 0.15) is 0 Å². The number of nitrogens with one attached hydrogen (secondary N) is 2. The smallest absolute Gasteiger partial charge is 0.315 e. The van der Waals surface area contributed by atoms with Gasteiger partial charge in [0.15, 0.2) is 0 Å². The molecule has 1 atom stereocenters. The van der Waals surface area contributed by atoms with Gasteiger partial charge in [0.25, 0.3) is 0 Å². The highest BCUT2D eigenvalue weighted by atomic mass is 35.5. The molecule has 0 saturated carbocycles. The topological polar surface area (TPSA) is 61.4 Å². The molecule has 1 saturated heterocycles. The van der Waals surface area contributed by atoms with Gasteiger partial charge in [-0.25, -0.2) is 4.79 Å². The number of hydrogen-bond donors (Lipinski definition) is 2. The Hall–Kier alpha value is -2.05. The van der Waals surface area contributed by atoms with Crippen molar-refractivity contribution in [2.24, 2.45) is 0 Å². The molecule has 120 valence electrons. The molecule has 1 aliphatic heterocycles. The molecule has 0 aliphatic carbocycles. The predicted molar refractivity (Wildman–Crippen MR) is 91.9 cm³/mol. The molecule has 5 nitrogen and oxygen atoms in total. The first-order valence-electron chi connectivity index (χ1n) is 7.24. The van der Waals surface area contributed by atoms with E-state index in [1.165, 1.54) is 0 Å². The number of amides is 3. The summed E-state index contributed by atoms with van der Waals surface area (Å²) in [6.45, 7) is 0.956. The van der Waals surface area contributed by atoms with E-state index in [1.807, 2.05) is 17.5 Å². The van der Waals surface area contributed by atoms with Crippen molar-refractivity contribution in [2.75, 3.05) is 11.4 Å². The molecule has 0 unspecified atom stereocenters. The zero-order chi connectivity index (χ0) is 16.2. The quantitative estimate of drug-likeness (QED) is 0.891. The van der Waals surface area contributed by atoms with E-state index >= 15 is 0 Å². The van der Waals surface area contributed by atoms with Gasteiger partial charge >= 0.3 is 6.03 Å². The fourth-order valence-corrected chi connectivity index (χ4v) is 3.26. The van der Waals surface area contributed by atoms with Crippen LogP contribution in [0.1, 0.15) is 11.3 Å². The molecule has 2 N–H and O–H groups in total. The van der Waals surface area contributed by atoms with Crippen molar-refractivity contribution in [3.05, 3.63) is 51.7 Å². The Kier molecular flexibility index (Phi) is 4.83. The van der Waals surface area contributed by atoms with Crippen LogP contribution in [-0.2, 0) is 11.3 Å². The van der Waals surface area contributed by atoms with Crippen molar-refractivity contribution in [3.63, 3.8) is 0 Å². The minimum Gasteiger partial charge on any atom is -0.333 e. The number of thiophene rings is 1. The molecule has 2 heterocycles. The number of anilines is 1. The molecule has 0 radical (unpaired) electrons. The van der Waals surface area contributed by atoms with Gasteiger partial charge in [-0.2, -0.15) is 0 Å². The number of rotatable bonds is 4. The molecule has 0 bridgehead atoms. The van der Waals surface area contributed by atoms with Crippen molar-refractivity contribution in [3.8, 4) is 0 Å². The summed E-state index contributed by atoms with van der Waals surface area (Å²) in [6.07, 6.45) is 0.301. The number of carbonyl (C=O) groups is 2. The number of carbonyl (C=O) groups excluding carboxylic acids is 2. The summed E-state index contributed by atoms with van der Waals surface area (Å²) >= 11 is 7.45. The molecule has 7 heteroatoms. The van der Waals surface area contributed by atoms with Gasteiger partial charge in [-0.1, -0.05) is 17.7 Å². The lowest BCUT2D eigenvalue weighted by Gasteiger charge is -2.17. The second kappa shape index (κ2) is 7.02. The van der Waals surface area contributed by atoms with Crippen LogP contribution in [0.2, 0.25) is 5.02 Å². The second-order valence-electron chi connectivity index (χ2n) is 5.29. The first-order chi connectivity index (χ1) is 11.1. The van der Waals surface area contributed by atoms with Gasteiger partial charge in [-0.15, -0.1) is 11.3 Å². The Labute approximate surface area is 143 Å². The summed E-state index contributed by atoms with van der Waals surface area (Å²) in [5, 5.41) is 8.25. The van der Waals surface area contributed by atoms with Crippen LogP contribution < -0.4 is 15.5 Å². The molecule has 3 rings (SSSR count). The SMILES string of the molecule is O=C(NCc1cccs1)N[C@H]1CC(=O)N(c2ccc(Cl)cc2)C1. The maximum atomic E-state index is 12.1. The predicted octanol–water partition coefficient (Wildman–Crippen LogP) is 3.01. The molecule has 1 aliphatic rings. The van der Waals surface area contributed by atoms with Crippen LogP contribution in [0.4, 0.5) is 10.5 Å². The highest BCUT2D eigenvalue weighted by Crippen LogP contribution is 2.23. The summed E-state index contributed by atoms with van der Waals surface area (Å²) in [6, 6.07) is 10.6. The van der Waals surface area contributed by atoms with Crippen molar-refractivity contribution in [2.45, 2.75) is 19.0 Å². The van der Waals surface area contributed by atoms with Crippen molar-refractivity contribution >= 4 is 40.6 Å². The summed E-state index contributed by atoms with van der Waals surface area (Å²) in [4.78, 5) is 26.8. The fraction of sp³-hybridized carbons (Fsp3) is 0.250. The van der Waals surface area contributed by atoms with Crippen LogP contribution >= 0.6 is 22.9 Å². The Balaban J connectivity index is 1.53. The average Bonchev–Trinajstić information content (AvgIpc) is 3.16. The molecule has 23 heavy (non-hydrogen) atoms. The summed E-state index contributed by atoms with van der Waals surface area (Å²) < 4.78 is 0. The molecular formula is C16H16ClN3O2S. The van der Waals surface area contributed by atoms with Crippen LogP contribution in [0.25, 0.3) is 0 Å². The van der Waals surface area contributed by atoms with Gasteiger partial charge in [-0.05, 0) is 35.7 Å². The lowest BCUT2D eigenvalue weighted by molar-refractivity contribution is -0.117. The molecule has 1 fully saturated rings. The zero-order valence-electron chi connectivity index (χ0n) is 12.3. The number of benzene rings is 1. The van der Waals surface area contributed by atoms with E-state index < -0.39 is 0 Å². The summed E-state index contributed by atoms with van der Waals surface area (Å²) in [5.74, 6) is -0.00382. The van der Waals surface area contributed by atoms with Gasteiger partial charge in [-0.3, -0.25) is 4.79 Å². The third-order valence-corrected chi connectivity index (χ3v) is 4.73. The van der Waals surface area contributed by atoms with Gasteiger partial charge in [0, 0.05) is 28.6 Å². The first kappa shape index (κ1) is 15.8. The highest BCUT2D eigenvalue weighted by Gasteiger charge is 2.31. The summed E-state index contributed by atoms with van der Waals surface area (Å²) in [7, 11) is 0. The largest absolute Gasteiger partial charge is 0.333 e. The Morgan fingerprint density at radius 2 is 2.09 bits per heavy atom. The monoisotopic (exact) mass is 349 g/mol. The number of urea groups is 1. The molecule has 1 aromatic heterocycles. The van der Waals surface area contributed by atoms with E-state index in [1.54, 1.807) is 40.5 Å². The van der Waals surface area contributed by atoms with Crippen molar-refractivity contribution in [1.29, 1.82) is 0 Å². The van der Waals surface area contributed by atoms with E-state index in [4.69, 9.17) is 11.6 Å². The third-order valence-electron chi connectivity index (χ3n) is 3.60. The third kappa shape index (κ3) is 4.03. The van der Waals surface area contributed by atoms with Crippen LogP contribution in [0.5, 0.6) is 0 Å². The fourth-order valence-electron chi connectivity index (χ4n) is 2.49. The van der Waals surface area contributed by atoms with Crippen molar-refractivity contribution in [1.82, 2.24) is 10.6 Å². The normalized spacial score (nSPS) is 17.3. The minimum absolute atomic E-state index is 0.00382. The molecular weight excluding hydrogens is 334 g/mol. The average molecular weight is 350 g/mol. The highest BCUT2D eigenvalue weighted by molar-refractivity contribution is 7.09. The van der Waals surface area contributed by atoms with Gasteiger partial charge in [0.2, 0.25) is 5.91 Å². The van der Waals surface area contributed by atoms with E-state index in [2.05, 4.69) is 10.6 Å².